The summed E-state index contributed by atoms with van der Waals surface area (Å²) < 4.78 is 0.464. The lowest BCUT2D eigenvalue weighted by molar-refractivity contribution is 0.248. The van der Waals surface area contributed by atoms with Gasteiger partial charge in [-0.2, -0.15) is 0 Å². The van der Waals surface area contributed by atoms with Gasteiger partial charge in [-0.15, -0.1) is 11.3 Å². The molecular weight excluding hydrogens is 186 g/mol. The smallest absolute Gasteiger partial charge is 0.312 e. The van der Waals surface area contributed by atoms with Crippen molar-refractivity contribution in [1.82, 2.24) is 10.3 Å². The van der Waals surface area contributed by atoms with Crippen LogP contribution >= 0.6 is 22.9 Å². The predicted molar refractivity (Wildman–Crippen MR) is 43.5 cm³/mol. The van der Waals surface area contributed by atoms with Gasteiger partial charge in [0.15, 0.2) is 4.47 Å². The molecule has 0 atom stereocenters. The zero-order valence-corrected chi connectivity index (χ0v) is 7.08. The molecule has 1 aromatic heterocycles. The number of hydrogen-bond acceptors (Lipinski definition) is 3. The molecule has 1 rings (SSSR count). The third-order valence-electron chi connectivity index (χ3n) is 0.962. The van der Waals surface area contributed by atoms with E-state index >= 15 is 0 Å². The summed E-state index contributed by atoms with van der Waals surface area (Å²) >= 11 is 6.85. The lowest BCUT2D eigenvalue weighted by Crippen LogP contribution is -2.28. The van der Waals surface area contributed by atoms with Crippen molar-refractivity contribution < 1.29 is 4.79 Å². The number of aromatic nitrogens is 1. The summed E-state index contributed by atoms with van der Waals surface area (Å²) in [6.45, 7) is 0.389. The molecule has 0 aliphatic carbocycles. The standard InChI is InChI=1S/C5H6ClN3OS/c6-4-8-1-3(11-4)2-9-5(7)10/h1H,2H2,(H3,7,9,10). The van der Waals surface area contributed by atoms with Gasteiger partial charge in [0.2, 0.25) is 0 Å². The minimum absolute atomic E-state index is 0.389. The van der Waals surface area contributed by atoms with Gasteiger partial charge in [0.1, 0.15) is 0 Å². The molecule has 0 saturated carbocycles. The topological polar surface area (TPSA) is 68.0 Å². The van der Waals surface area contributed by atoms with Gasteiger partial charge in [0, 0.05) is 11.1 Å². The summed E-state index contributed by atoms with van der Waals surface area (Å²) in [5.41, 5.74) is 4.85. The molecule has 6 heteroatoms. The highest BCUT2D eigenvalue weighted by Gasteiger charge is 1.99. The summed E-state index contributed by atoms with van der Waals surface area (Å²) in [6, 6.07) is -0.547. The van der Waals surface area contributed by atoms with Crippen LogP contribution in [0.25, 0.3) is 0 Å². The monoisotopic (exact) mass is 191 g/mol. The van der Waals surface area contributed by atoms with Crippen LogP contribution in [0.1, 0.15) is 4.88 Å². The van der Waals surface area contributed by atoms with Crippen LogP contribution in [0.5, 0.6) is 0 Å². The van der Waals surface area contributed by atoms with Gasteiger partial charge in [-0.3, -0.25) is 0 Å². The molecule has 0 fully saturated rings. The average Bonchev–Trinajstić information content (AvgIpc) is 2.31. The van der Waals surface area contributed by atoms with Crippen molar-refractivity contribution in [2.45, 2.75) is 6.54 Å². The fourth-order valence-electron chi connectivity index (χ4n) is 0.540. The summed E-state index contributed by atoms with van der Waals surface area (Å²) in [5, 5.41) is 2.43. The number of thiazole rings is 1. The first-order valence-corrected chi connectivity index (χ1v) is 4.01. The van der Waals surface area contributed by atoms with Crippen LogP contribution in [0.4, 0.5) is 4.79 Å². The quantitative estimate of drug-likeness (QED) is 0.732. The maximum Gasteiger partial charge on any atom is 0.312 e. The Balaban J connectivity index is 2.45. The van der Waals surface area contributed by atoms with E-state index in [2.05, 4.69) is 10.3 Å². The summed E-state index contributed by atoms with van der Waals surface area (Å²) in [4.78, 5) is 14.9. The summed E-state index contributed by atoms with van der Waals surface area (Å²) in [5.74, 6) is 0. The molecule has 0 saturated heterocycles. The second-order valence-corrected chi connectivity index (χ2v) is 3.49. The molecule has 0 aliphatic heterocycles. The molecule has 60 valence electrons. The van der Waals surface area contributed by atoms with Gasteiger partial charge in [0.25, 0.3) is 0 Å². The van der Waals surface area contributed by atoms with Crippen molar-refractivity contribution in [3.8, 4) is 0 Å². The van der Waals surface area contributed by atoms with Crippen molar-refractivity contribution in [2.75, 3.05) is 0 Å². The lowest BCUT2D eigenvalue weighted by Gasteiger charge is -1.95. The maximum absolute atomic E-state index is 10.2. The normalized spacial score (nSPS) is 9.55. The highest BCUT2D eigenvalue weighted by molar-refractivity contribution is 7.15. The van der Waals surface area contributed by atoms with Crippen molar-refractivity contribution >= 4 is 29.0 Å². The number of nitrogens with one attached hydrogen (secondary N) is 1. The number of nitrogens with zero attached hydrogens (tertiary/aromatic N) is 1. The molecule has 0 aromatic carbocycles. The number of rotatable bonds is 2. The number of carbonyl (C=O) groups excluding carboxylic acids is 1. The van der Waals surface area contributed by atoms with Gasteiger partial charge < -0.3 is 11.1 Å². The van der Waals surface area contributed by atoms with E-state index in [1.165, 1.54) is 11.3 Å². The molecule has 11 heavy (non-hydrogen) atoms. The van der Waals surface area contributed by atoms with Crippen molar-refractivity contribution in [2.24, 2.45) is 5.73 Å². The fourth-order valence-corrected chi connectivity index (χ4v) is 1.46. The van der Waals surface area contributed by atoms with E-state index in [9.17, 15) is 4.79 Å². The van der Waals surface area contributed by atoms with Crippen molar-refractivity contribution in [3.05, 3.63) is 15.5 Å². The number of nitrogens with two attached hydrogens (primary N) is 1. The van der Waals surface area contributed by atoms with E-state index in [0.29, 0.717) is 11.0 Å². The Morgan fingerprint density at radius 1 is 1.91 bits per heavy atom. The van der Waals surface area contributed by atoms with Gasteiger partial charge >= 0.3 is 6.03 Å². The Kier molecular flexibility index (Phi) is 2.67. The second-order valence-electron chi connectivity index (χ2n) is 1.80. The molecule has 2 amide bonds. The Hall–Kier alpha value is -0.810. The highest BCUT2D eigenvalue weighted by Crippen LogP contribution is 2.16. The van der Waals surface area contributed by atoms with E-state index in [4.69, 9.17) is 17.3 Å². The Bertz CT molecular complexity index is 262. The molecule has 4 nitrogen and oxygen atoms in total. The van der Waals surface area contributed by atoms with Crippen LogP contribution in [0.2, 0.25) is 4.47 Å². The Labute approximate surface area is 72.4 Å². The van der Waals surface area contributed by atoms with E-state index < -0.39 is 6.03 Å². The van der Waals surface area contributed by atoms with E-state index in [1.54, 1.807) is 6.20 Å². The van der Waals surface area contributed by atoms with E-state index in [1.807, 2.05) is 0 Å². The number of urea groups is 1. The lowest BCUT2D eigenvalue weighted by atomic mass is 10.5. The Morgan fingerprint density at radius 2 is 2.64 bits per heavy atom. The molecule has 0 unspecified atom stereocenters. The first-order valence-electron chi connectivity index (χ1n) is 2.82. The predicted octanol–water partition coefficient (Wildman–Crippen LogP) is 0.965. The number of halogens is 1. The summed E-state index contributed by atoms with van der Waals surface area (Å²) in [6.07, 6.45) is 1.60. The van der Waals surface area contributed by atoms with Crippen LogP contribution in [0.15, 0.2) is 6.20 Å². The van der Waals surface area contributed by atoms with Crippen LogP contribution in [0, 0.1) is 0 Å². The average molecular weight is 192 g/mol. The summed E-state index contributed by atoms with van der Waals surface area (Å²) in [7, 11) is 0. The third kappa shape index (κ3) is 2.73. The Morgan fingerprint density at radius 3 is 3.09 bits per heavy atom. The zero-order valence-electron chi connectivity index (χ0n) is 5.50. The molecule has 0 radical (unpaired) electrons. The number of carbonyl (C=O) groups is 1. The largest absolute Gasteiger partial charge is 0.352 e. The molecule has 1 aromatic rings. The minimum atomic E-state index is -0.547. The highest BCUT2D eigenvalue weighted by atomic mass is 35.5. The first-order chi connectivity index (χ1) is 5.18. The van der Waals surface area contributed by atoms with Gasteiger partial charge in [-0.25, -0.2) is 9.78 Å². The molecular formula is C5H6ClN3OS. The first kappa shape index (κ1) is 8.29. The van der Waals surface area contributed by atoms with Crippen LogP contribution < -0.4 is 11.1 Å². The van der Waals surface area contributed by atoms with Gasteiger partial charge in [0.05, 0.1) is 6.54 Å². The van der Waals surface area contributed by atoms with Crippen LogP contribution in [0.3, 0.4) is 0 Å². The maximum atomic E-state index is 10.2. The van der Waals surface area contributed by atoms with E-state index in [0.717, 1.165) is 4.88 Å². The van der Waals surface area contributed by atoms with E-state index in [-0.39, 0.29) is 0 Å². The number of amides is 2. The molecule has 1 heterocycles. The minimum Gasteiger partial charge on any atom is -0.352 e. The number of hydrogen-bond donors (Lipinski definition) is 2. The third-order valence-corrected chi connectivity index (χ3v) is 2.08. The van der Waals surface area contributed by atoms with Crippen LogP contribution in [-0.4, -0.2) is 11.0 Å². The molecule has 0 bridgehead atoms. The van der Waals surface area contributed by atoms with Crippen molar-refractivity contribution in [1.29, 1.82) is 0 Å². The fraction of sp³-hybridized carbons (Fsp3) is 0.200. The van der Waals surface area contributed by atoms with Crippen LogP contribution in [-0.2, 0) is 6.54 Å². The molecule has 0 aliphatic rings. The molecule has 3 N–H and O–H groups in total. The van der Waals surface area contributed by atoms with Gasteiger partial charge in [-0.1, -0.05) is 11.6 Å². The second kappa shape index (κ2) is 3.54. The number of primary amides is 1. The van der Waals surface area contributed by atoms with Crippen molar-refractivity contribution in [3.63, 3.8) is 0 Å². The van der Waals surface area contributed by atoms with Gasteiger partial charge in [-0.05, 0) is 0 Å². The molecule has 0 spiro atoms. The zero-order chi connectivity index (χ0) is 8.27. The SMILES string of the molecule is NC(=O)NCc1cnc(Cl)s1.